The van der Waals surface area contributed by atoms with E-state index in [-0.39, 0.29) is 5.91 Å². The number of ether oxygens (including phenoxy) is 1. The molecule has 0 aliphatic carbocycles. The highest BCUT2D eigenvalue weighted by Gasteiger charge is 2.21. The fraction of sp³-hybridized carbons (Fsp3) is 0.562. The monoisotopic (exact) mass is 261 g/mol. The second-order valence-electron chi connectivity index (χ2n) is 5.21. The molecule has 1 amide bonds. The lowest BCUT2D eigenvalue weighted by molar-refractivity contribution is 0.0738. The standard InChI is InChI=1S/C16H23NO2/c1-13-9-8-10-14(19-2)15(13)16(18)17-11-6-4-3-5-7-12-17/h8-10H,3-7,11-12H2,1-2H3. The summed E-state index contributed by atoms with van der Waals surface area (Å²) in [6, 6.07) is 5.77. The Hall–Kier alpha value is -1.51. The molecule has 19 heavy (non-hydrogen) atoms. The fourth-order valence-electron chi connectivity index (χ4n) is 2.69. The second-order valence-corrected chi connectivity index (χ2v) is 5.21. The topological polar surface area (TPSA) is 29.5 Å². The van der Waals surface area contributed by atoms with Crippen molar-refractivity contribution in [2.45, 2.75) is 39.0 Å². The van der Waals surface area contributed by atoms with Gasteiger partial charge in [0.05, 0.1) is 12.7 Å². The van der Waals surface area contributed by atoms with E-state index in [1.165, 1.54) is 19.3 Å². The van der Waals surface area contributed by atoms with Crippen molar-refractivity contribution < 1.29 is 9.53 Å². The van der Waals surface area contributed by atoms with Gasteiger partial charge in [-0.3, -0.25) is 4.79 Å². The first-order valence-electron chi connectivity index (χ1n) is 7.17. The molecule has 0 atom stereocenters. The number of benzene rings is 1. The van der Waals surface area contributed by atoms with Crippen LogP contribution in [-0.2, 0) is 0 Å². The highest BCUT2D eigenvalue weighted by Crippen LogP contribution is 2.24. The lowest BCUT2D eigenvalue weighted by Gasteiger charge is -2.26. The summed E-state index contributed by atoms with van der Waals surface area (Å²) >= 11 is 0. The Morgan fingerprint density at radius 1 is 1.11 bits per heavy atom. The van der Waals surface area contributed by atoms with Gasteiger partial charge >= 0.3 is 0 Å². The largest absolute Gasteiger partial charge is 0.496 e. The predicted molar refractivity (Wildman–Crippen MR) is 76.7 cm³/mol. The van der Waals surface area contributed by atoms with Crippen molar-refractivity contribution in [1.82, 2.24) is 4.90 Å². The van der Waals surface area contributed by atoms with E-state index in [9.17, 15) is 4.79 Å². The van der Waals surface area contributed by atoms with Crippen molar-refractivity contribution in [2.75, 3.05) is 20.2 Å². The summed E-state index contributed by atoms with van der Waals surface area (Å²) < 4.78 is 5.35. The minimum Gasteiger partial charge on any atom is -0.496 e. The maximum atomic E-state index is 12.7. The number of hydrogen-bond acceptors (Lipinski definition) is 2. The van der Waals surface area contributed by atoms with Crippen LogP contribution >= 0.6 is 0 Å². The van der Waals surface area contributed by atoms with Crippen LogP contribution in [0.2, 0.25) is 0 Å². The van der Waals surface area contributed by atoms with Crippen molar-refractivity contribution in [2.24, 2.45) is 0 Å². The first-order valence-corrected chi connectivity index (χ1v) is 7.17. The summed E-state index contributed by atoms with van der Waals surface area (Å²) in [5, 5.41) is 0. The molecule has 0 spiro atoms. The van der Waals surface area contributed by atoms with Gasteiger partial charge in [-0.1, -0.05) is 31.4 Å². The molecule has 1 fully saturated rings. The molecule has 2 rings (SSSR count). The maximum Gasteiger partial charge on any atom is 0.257 e. The lowest BCUT2D eigenvalue weighted by atomic mass is 10.0. The summed E-state index contributed by atoms with van der Waals surface area (Å²) in [5.74, 6) is 0.809. The molecule has 104 valence electrons. The normalized spacial score (nSPS) is 16.6. The SMILES string of the molecule is COc1cccc(C)c1C(=O)N1CCCCCCC1. The number of methoxy groups -OCH3 is 1. The van der Waals surface area contributed by atoms with E-state index in [1.807, 2.05) is 30.0 Å². The van der Waals surface area contributed by atoms with Crippen LogP contribution in [0.25, 0.3) is 0 Å². The Bertz CT molecular complexity index is 434. The number of likely N-dealkylation sites (tertiary alicyclic amines) is 1. The average molecular weight is 261 g/mol. The van der Waals surface area contributed by atoms with E-state index < -0.39 is 0 Å². The minimum absolute atomic E-state index is 0.122. The zero-order valence-corrected chi connectivity index (χ0v) is 11.9. The highest BCUT2D eigenvalue weighted by atomic mass is 16.5. The third-order valence-corrected chi connectivity index (χ3v) is 3.81. The summed E-state index contributed by atoms with van der Waals surface area (Å²) in [5.41, 5.74) is 1.72. The molecule has 0 bridgehead atoms. The van der Waals surface area contributed by atoms with Crippen molar-refractivity contribution in [1.29, 1.82) is 0 Å². The van der Waals surface area contributed by atoms with E-state index in [0.717, 1.165) is 37.1 Å². The van der Waals surface area contributed by atoms with Crippen LogP contribution in [-0.4, -0.2) is 31.0 Å². The van der Waals surface area contributed by atoms with Gasteiger partial charge in [0.15, 0.2) is 0 Å². The lowest BCUT2D eigenvalue weighted by Crippen LogP contribution is -2.34. The van der Waals surface area contributed by atoms with E-state index in [4.69, 9.17) is 4.74 Å². The molecule has 0 aromatic heterocycles. The predicted octanol–water partition coefficient (Wildman–Crippen LogP) is 3.41. The van der Waals surface area contributed by atoms with Gasteiger partial charge in [0.2, 0.25) is 0 Å². The summed E-state index contributed by atoms with van der Waals surface area (Å²) in [6.07, 6.45) is 5.99. The number of amides is 1. The Balaban J connectivity index is 2.22. The molecule has 0 saturated carbocycles. The molecular formula is C16H23NO2. The van der Waals surface area contributed by atoms with Gasteiger partial charge in [0.25, 0.3) is 5.91 Å². The van der Waals surface area contributed by atoms with Crippen LogP contribution in [0, 0.1) is 6.92 Å². The molecule has 0 N–H and O–H groups in total. The van der Waals surface area contributed by atoms with Gasteiger partial charge in [-0.25, -0.2) is 0 Å². The van der Waals surface area contributed by atoms with Crippen molar-refractivity contribution in [3.63, 3.8) is 0 Å². The molecule has 0 unspecified atom stereocenters. The maximum absolute atomic E-state index is 12.7. The zero-order valence-electron chi connectivity index (χ0n) is 11.9. The van der Waals surface area contributed by atoms with Gasteiger partial charge in [-0.05, 0) is 31.4 Å². The van der Waals surface area contributed by atoms with Crippen molar-refractivity contribution in [3.8, 4) is 5.75 Å². The average Bonchev–Trinajstić information content (AvgIpc) is 2.37. The van der Waals surface area contributed by atoms with Crippen molar-refractivity contribution >= 4 is 5.91 Å². The van der Waals surface area contributed by atoms with Crippen LogP contribution in [0.15, 0.2) is 18.2 Å². The number of rotatable bonds is 2. The number of carbonyl (C=O) groups excluding carboxylic acids is 1. The van der Waals surface area contributed by atoms with Crippen LogP contribution in [0.3, 0.4) is 0 Å². The zero-order chi connectivity index (χ0) is 13.7. The Kier molecular flexibility index (Phi) is 4.83. The quantitative estimate of drug-likeness (QED) is 0.816. The first kappa shape index (κ1) is 13.9. The van der Waals surface area contributed by atoms with Crippen LogP contribution in [0.4, 0.5) is 0 Å². The first-order chi connectivity index (χ1) is 9.24. The smallest absolute Gasteiger partial charge is 0.257 e. The molecule has 3 heteroatoms. The van der Waals surface area contributed by atoms with E-state index >= 15 is 0 Å². The molecule has 1 saturated heterocycles. The van der Waals surface area contributed by atoms with E-state index in [0.29, 0.717) is 5.75 Å². The van der Waals surface area contributed by atoms with Crippen LogP contribution in [0.5, 0.6) is 5.75 Å². The minimum atomic E-state index is 0.122. The van der Waals surface area contributed by atoms with Gasteiger partial charge in [-0.15, -0.1) is 0 Å². The molecule has 0 radical (unpaired) electrons. The highest BCUT2D eigenvalue weighted by molar-refractivity contribution is 5.98. The molecule has 1 aliphatic rings. The van der Waals surface area contributed by atoms with E-state index in [2.05, 4.69) is 0 Å². The molecule has 1 aliphatic heterocycles. The third kappa shape index (κ3) is 3.28. The molecule has 1 aromatic rings. The summed E-state index contributed by atoms with van der Waals surface area (Å²) in [6.45, 7) is 3.71. The molecule has 1 aromatic carbocycles. The number of carbonyl (C=O) groups is 1. The van der Waals surface area contributed by atoms with Crippen molar-refractivity contribution in [3.05, 3.63) is 29.3 Å². The third-order valence-electron chi connectivity index (χ3n) is 3.81. The van der Waals surface area contributed by atoms with Gasteiger partial charge in [-0.2, -0.15) is 0 Å². The molecule has 3 nitrogen and oxygen atoms in total. The Labute approximate surface area is 115 Å². The van der Waals surface area contributed by atoms with Crippen LogP contribution in [0.1, 0.15) is 48.0 Å². The van der Waals surface area contributed by atoms with Gasteiger partial charge in [0, 0.05) is 13.1 Å². The second kappa shape index (κ2) is 6.60. The molecule has 1 heterocycles. The number of nitrogens with zero attached hydrogens (tertiary/aromatic N) is 1. The Morgan fingerprint density at radius 2 is 1.74 bits per heavy atom. The van der Waals surface area contributed by atoms with Gasteiger partial charge < -0.3 is 9.64 Å². The van der Waals surface area contributed by atoms with Crippen LogP contribution < -0.4 is 4.74 Å². The Morgan fingerprint density at radius 3 is 2.37 bits per heavy atom. The number of hydrogen-bond donors (Lipinski definition) is 0. The summed E-state index contributed by atoms with van der Waals surface area (Å²) in [7, 11) is 1.62. The fourth-order valence-corrected chi connectivity index (χ4v) is 2.69. The van der Waals surface area contributed by atoms with Gasteiger partial charge in [0.1, 0.15) is 5.75 Å². The van der Waals surface area contributed by atoms with E-state index in [1.54, 1.807) is 7.11 Å². The summed E-state index contributed by atoms with van der Waals surface area (Å²) in [4.78, 5) is 14.7. The number of aryl methyl sites for hydroxylation is 1. The molecular weight excluding hydrogens is 238 g/mol.